The number of thioether (sulfide) groups is 1. The molecule has 3 aromatic rings. The van der Waals surface area contributed by atoms with E-state index in [1.807, 2.05) is 36.4 Å². The maximum absolute atomic E-state index is 11.9. The molecule has 0 spiro atoms. The van der Waals surface area contributed by atoms with Crippen molar-refractivity contribution in [3.8, 4) is 0 Å². The Morgan fingerprint density at radius 1 is 1.00 bits per heavy atom. The van der Waals surface area contributed by atoms with Crippen LogP contribution in [0.5, 0.6) is 0 Å². The molecule has 1 aliphatic rings. The first-order valence-corrected chi connectivity index (χ1v) is 8.92. The monoisotopic (exact) mass is 334 g/mol. The summed E-state index contributed by atoms with van der Waals surface area (Å²) >= 11 is 1.66. The zero-order valence-corrected chi connectivity index (χ0v) is 14.2. The van der Waals surface area contributed by atoms with E-state index in [-0.39, 0.29) is 5.25 Å². The fraction of sp³-hybridized carbons (Fsp3) is 0.190. The van der Waals surface area contributed by atoms with E-state index >= 15 is 0 Å². The van der Waals surface area contributed by atoms with Crippen molar-refractivity contribution in [2.24, 2.45) is 5.92 Å². The lowest BCUT2D eigenvalue weighted by Crippen LogP contribution is -2.39. The molecule has 1 heterocycles. The van der Waals surface area contributed by atoms with Gasteiger partial charge in [-0.3, -0.25) is 0 Å². The van der Waals surface area contributed by atoms with Gasteiger partial charge in [-0.1, -0.05) is 54.6 Å². The van der Waals surface area contributed by atoms with E-state index < -0.39 is 11.5 Å². The minimum atomic E-state index is -1.17. The Balaban J connectivity index is 1.85. The van der Waals surface area contributed by atoms with Crippen LogP contribution in [0.25, 0.3) is 10.8 Å². The average molecular weight is 334 g/mol. The highest BCUT2D eigenvalue weighted by atomic mass is 32.2. The second kappa shape index (κ2) is 5.76. The third-order valence-corrected chi connectivity index (χ3v) is 6.34. The van der Waals surface area contributed by atoms with Crippen LogP contribution in [0.4, 0.5) is 0 Å². The van der Waals surface area contributed by atoms with Gasteiger partial charge in [-0.15, -0.1) is 11.8 Å². The van der Waals surface area contributed by atoms with Crippen LogP contribution in [0, 0.1) is 5.92 Å². The van der Waals surface area contributed by atoms with Gasteiger partial charge >= 0.3 is 0 Å². The predicted molar refractivity (Wildman–Crippen MR) is 98.1 cm³/mol. The van der Waals surface area contributed by atoms with Gasteiger partial charge in [0.25, 0.3) is 0 Å². The molecule has 24 heavy (non-hydrogen) atoms. The number of benzene rings is 3. The van der Waals surface area contributed by atoms with E-state index in [1.54, 1.807) is 18.7 Å². The molecule has 0 aromatic heterocycles. The maximum atomic E-state index is 11.9. The molecule has 3 aromatic carbocycles. The first-order chi connectivity index (χ1) is 11.6. The van der Waals surface area contributed by atoms with E-state index in [1.165, 1.54) is 5.39 Å². The Morgan fingerprint density at radius 3 is 2.50 bits per heavy atom. The zero-order valence-electron chi connectivity index (χ0n) is 13.3. The molecule has 0 aliphatic carbocycles. The molecule has 1 aliphatic heterocycles. The summed E-state index contributed by atoms with van der Waals surface area (Å²) in [6.07, 6.45) is 0.906. The smallest absolute Gasteiger partial charge is 0.127 e. The number of hydrogen-bond acceptors (Lipinski definition) is 3. The summed E-state index contributed by atoms with van der Waals surface area (Å²) in [7, 11) is 0. The molecular weight excluding hydrogens is 316 g/mol. The van der Waals surface area contributed by atoms with Crippen LogP contribution < -0.4 is 0 Å². The lowest BCUT2D eigenvalue weighted by Gasteiger charge is -2.41. The van der Waals surface area contributed by atoms with Gasteiger partial charge in [0.2, 0.25) is 0 Å². The van der Waals surface area contributed by atoms with Crippen LogP contribution in [0.1, 0.15) is 23.3 Å². The molecule has 1 N–H and O–H groups in total. The molecule has 120 valence electrons. The number of rotatable bonds is 2. The average Bonchev–Trinajstić information content (AvgIpc) is 2.61. The first kappa shape index (κ1) is 15.4. The third-order valence-electron chi connectivity index (χ3n) is 4.91. The van der Waals surface area contributed by atoms with Gasteiger partial charge in [-0.05, 0) is 41.0 Å². The van der Waals surface area contributed by atoms with Gasteiger partial charge in [-0.25, -0.2) is 0 Å². The van der Waals surface area contributed by atoms with Crippen molar-refractivity contribution in [2.45, 2.75) is 22.7 Å². The van der Waals surface area contributed by atoms with Crippen LogP contribution in [-0.4, -0.2) is 11.4 Å². The largest absolute Gasteiger partial charge is 0.385 e. The predicted octanol–water partition coefficient (Wildman–Crippen LogP) is 4.71. The van der Waals surface area contributed by atoms with Crippen LogP contribution >= 0.6 is 11.8 Å². The lowest BCUT2D eigenvalue weighted by molar-refractivity contribution is -0.120. The van der Waals surface area contributed by atoms with Crippen LogP contribution in [0.15, 0.2) is 71.6 Å². The Hall–Kier alpha value is -2.10. The minimum Gasteiger partial charge on any atom is -0.385 e. The number of aliphatic hydroxyl groups is 1. The van der Waals surface area contributed by atoms with Crippen LogP contribution in [-0.2, 0) is 10.4 Å². The Labute approximate surface area is 145 Å². The summed E-state index contributed by atoms with van der Waals surface area (Å²) in [5.74, 6) is -0.487. The van der Waals surface area contributed by atoms with Crippen LogP contribution in [0.2, 0.25) is 0 Å². The second-order valence-corrected chi connectivity index (χ2v) is 7.63. The zero-order chi connectivity index (χ0) is 16.7. The van der Waals surface area contributed by atoms with Gasteiger partial charge in [0.15, 0.2) is 0 Å². The van der Waals surface area contributed by atoms with Gasteiger partial charge in [-0.2, -0.15) is 0 Å². The molecule has 0 saturated carbocycles. The quantitative estimate of drug-likeness (QED) is 0.690. The first-order valence-electron chi connectivity index (χ1n) is 8.04. The highest BCUT2D eigenvalue weighted by Gasteiger charge is 2.45. The normalized spacial score (nSPS) is 26.1. The summed E-state index contributed by atoms with van der Waals surface area (Å²) < 4.78 is 0. The molecule has 0 saturated heterocycles. The highest BCUT2D eigenvalue weighted by Crippen LogP contribution is 2.54. The van der Waals surface area contributed by atoms with E-state index in [0.717, 1.165) is 27.7 Å². The van der Waals surface area contributed by atoms with Crippen molar-refractivity contribution in [3.63, 3.8) is 0 Å². The van der Waals surface area contributed by atoms with Crippen molar-refractivity contribution in [1.82, 2.24) is 0 Å². The van der Waals surface area contributed by atoms with Gasteiger partial charge < -0.3 is 9.90 Å². The van der Waals surface area contributed by atoms with Gasteiger partial charge in [0.1, 0.15) is 6.29 Å². The van der Waals surface area contributed by atoms with Crippen molar-refractivity contribution in [3.05, 3.63) is 77.9 Å². The number of aldehydes is 1. The minimum absolute atomic E-state index is 0.1000. The van der Waals surface area contributed by atoms with E-state index in [9.17, 15) is 9.90 Å². The topological polar surface area (TPSA) is 37.3 Å². The van der Waals surface area contributed by atoms with Gasteiger partial charge in [0, 0.05) is 10.1 Å². The maximum Gasteiger partial charge on any atom is 0.127 e. The molecule has 4 rings (SSSR count). The van der Waals surface area contributed by atoms with E-state index in [4.69, 9.17) is 0 Å². The molecule has 0 fully saturated rings. The summed E-state index contributed by atoms with van der Waals surface area (Å²) in [4.78, 5) is 12.9. The molecule has 0 bridgehead atoms. The van der Waals surface area contributed by atoms with E-state index in [0.29, 0.717) is 0 Å². The third kappa shape index (κ3) is 2.36. The number of hydrogen-bond donors (Lipinski definition) is 1. The summed E-state index contributed by atoms with van der Waals surface area (Å²) in [5, 5.41) is 13.3. The molecule has 0 amide bonds. The molecule has 0 unspecified atom stereocenters. The van der Waals surface area contributed by atoms with E-state index in [2.05, 4.69) is 30.3 Å². The number of carbonyl (C=O) groups excluding carboxylic acids is 1. The van der Waals surface area contributed by atoms with Crippen molar-refractivity contribution in [2.75, 3.05) is 0 Å². The molecule has 2 nitrogen and oxygen atoms in total. The Kier molecular flexibility index (Phi) is 3.70. The summed E-state index contributed by atoms with van der Waals surface area (Å²) in [6, 6.07) is 22.3. The van der Waals surface area contributed by atoms with Crippen molar-refractivity contribution >= 4 is 28.8 Å². The SMILES string of the molecule is C[C@@]1(O)c2ccccc2S[C@H](c2ccc3ccccc3c2)[C@H]1C=O. The Bertz CT molecular complexity index is 916. The molecule has 3 atom stereocenters. The van der Waals surface area contributed by atoms with Gasteiger partial charge in [0.05, 0.1) is 11.5 Å². The number of carbonyl (C=O) groups is 1. The van der Waals surface area contributed by atoms with Crippen molar-refractivity contribution in [1.29, 1.82) is 0 Å². The Morgan fingerprint density at radius 2 is 1.71 bits per heavy atom. The molecular formula is C21H18O2S. The standard InChI is InChI=1S/C21H18O2S/c1-21(23)17-8-4-5-9-19(17)24-20(18(21)13-22)16-11-10-14-6-2-3-7-15(14)12-16/h2-13,18,20,23H,1H3/t18-,20-,21-/m1/s1. The molecule has 0 radical (unpaired) electrons. The lowest BCUT2D eigenvalue weighted by atomic mass is 9.79. The fourth-order valence-corrected chi connectivity index (χ4v) is 5.13. The highest BCUT2D eigenvalue weighted by molar-refractivity contribution is 7.99. The fourth-order valence-electron chi connectivity index (χ4n) is 3.54. The molecule has 3 heteroatoms. The number of fused-ring (bicyclic) bond motifs is 2. The summed E-state index contributed by atoms with van der Waals surface area (Å²) in [5.41, 5.74) is 0.745. The van der Waals surface area contributed by atoms with Crippen molar-refractivity contribution < 1.29 is 9.90 Å². The summed E-state index contributed by atoms with van der Waals surface area (Å²) in [6.45, 7) is 1.75. The second-order valence-electron chi connectivity index (χ2n) is 6.45. The van der Waals surface area contributed by atoms with Crippen LogP contribution in [0.3, 0.4) is 0 Å².